The Labute approximate surface area is 189 Å². The predicted octanol–water partition coefficient (Wildman–Crippen LogP) is 3.33. The lowest BCUT2D eigenvalue weighted by atomic mass is 9.98. The quantitative estimate of drug-likeness (QED) is 0.343. The maximum atomic E-state index is 13.6. The number of benzene rings is 2. The predicted molar refractivity (Wildman–Crippen MR) is 120 cm³/mol. The zero-order valence-corrected chi connectivity index (χ0v) is 17.7. The van der Waals surface area contributed by atoms with Gasteiger partial charge in [0, 0.05) is 31.4 Å². The molecule has 2 aliphatic rings. The van der Waals surface area contributed by atoms with Gasteiger partial charge in [-0.15, -0.1) is 0 Å². The third-order valence-corrected chi connectivity index (χ3v) is 6.00. The first kappa shape index (κ1) is 20.6. The molecule has 33 heavy (non-hydrogen) atoms. The van der Waals surface area contributed by atoms with Crippen LogP contribution < -0.4 is 0 Å². The highest BCUT2D eigenvalue weighted by atomic mass is 16.6. The smallest absolute Gasteiger partial charge is 0.278 e. The number of hydrogen-bond donors (Lipinski definition) is 0. The number of nitro benzene ring substituents is 1. The molecule has 0 N–H and O–H groups in total. The third kappa shape index (κ3) is 3.76. The van der Waals surface area contributed by atoms with Crippen LogP contribution in [0, 0.1) is 10.1 Å². The topological polar surface area (TPSA) is 96.6 Å². The molecule has 164 valence electrons. The number of amides is 2. The summed E-state index contributed by atoms with van der Waals surface area (Å²) in [7, 11) is 0. The first-order valence-corrected chi connectivity index (χ1v) is 10.6. The van der Waals surface area contributed by atoms with Crippen LogP contribution >= 0.6 is 0 Å². The van der Waals surface area contributed by atoms with Gasteiger partial charge in [0.1, 0.15) is 5.70 Å². The van der Waals surface area contributed by atoms with Crippen LogP contribution in [-0.4, -0.2) is 38.1 Å². The molecule has 0 spiro atoms. The number of non-ortho nitro benzene ring substituents is 1. The Hall–Kier alpha value is -4.33. The summed E-state index contributed by atoms with van der Waals surface area (Å²) >= 11 is 0. The summed E-state index contributed by atoms with van der Waals surface area (Å²) in [6.45, 7) is 1.17. The molecule has 1 aromatic heterocycles. The molecule has 0 saturated carbocycles. The molecule has 0 fully saturated rings. The number of imide groups is 1. The van der Waals surface area contributed by atoms with E-state index >= 15 is 0 Å². The van der Waals surface area contributed by atoms with Gasteiger partial charge in [0.15, 0.2) is 0 Å². The molecule has 3 heterocycles. The molecule has 0 saturated heterocycles. The normalized spacial score (nSPS) is 15.8. The summed E-state index contributed by atoms with van der Waals surface area (Å²) < 4.78 is 0. The molecule has 2 aliphatic heterocycles. The molecule has 8 nitrogen and oxygen atoms in total. The summed E-state index contributed by atoms with van der Waals surface area (Å²) in [5.41, 5.74) is 3.96. The third-order valence-electron chi connectivity index (χ3n) is 6.00. The Kier molecular flexibility index (Phi) is 5.18. The number of carbonyl (C=O) groups is 2. The molecule has 8 heteroatoms. The number of rotatable bonds is 5. The molecule has 0 aliphatic carbocycles. The van der Waals surface area contributed by atoms with Gasteiger partial charge in [0.25, 0.3) is 17.5 Å². The minimum atomic E-state index is -0.490. The lowest BCUT2D eigenvalue weighted by Crippen LogP contribution is -2.37. The summed E-state index contributed by atoms with van der Waals surface area (Å²) in [6.07, 6.45) is 2.38. The van der Waals surface area contributed by atoms with Crippen LogP contribution in [0.5, 0.6) is 0 Å². The highest BCUT2D eigenvalue weighted by molar-refractivity contribution is 6.35. The number of fused-ring (bicyclic) bond motifs is 1. The Balaban J connectivity index is 1.56. The fourth-order valence-corrected chi connectivity index (χ4v) is 4.35. The van der Waals surface area contributed by atoms with Gasteiger partial charge in [0.2, 0.25) is 0 Å². The Bertz CT molecular complexity index is 1290. The van der Waals surface area contributed by atoms with Crippen molar-refractivity contribution in [1.82, 2.24) is 14.8 Å². The number of carbonyl (C=O) groups excluding carboxylic acids is 2. The zero-order valence-electron chi connectivity index (χ0n) is 17.7. The van der Waals surface area contributed by atoms with E-state index in [-0.39, 0.29) is 23.7 Å². The highest BCUT2D eigenvalue weighted by Gasteiger charge is 2.42. The number of pyridine rings is 1. The SMILES string of the molecule is O=C1C(c2ccc([N+](=O)[O-])cc2)=C(N2CCc3ccccc3C2)C(=O)N1Cc1ccccn1. The minimum absolute atomic E-state index is 0.0584. The fourth-order valence-electron chi connectivity index (χ4n) is 4.35. The van der Waals surface area contributed by atoms with Crippen LogP contribution in [0.2, 0.25) is 0 Å². The van der Waals surface area contributed by atoms with E-state index < -0.39 is 10.8 Å². The summed E-state index contributed by atoms with van der Waals surface area (Å²) in [5.74, 6) is -0.799. The first-order chi connectivity index (χ1) is 16.0. The Morgan fingerprint density at radius 3 is 2.33 bits per heavy atom. The van der Waals surface area contributed by atoms with E-state index in [0.717, 1.165) is 12.0 Å². The lowest BCUT2D eigenvalue weighted by Gasteiger charge is -2.31. The van der Waals surface area contributed by atoms with Crippen LogP contribution in [0.15, 0.2) is 78.6 Å². The summed E-state index contributed by atoms with van der Waals surface area (Å²) in [5, 5.41) is 11.1. The van der Waals surface area contributed by atoms with Crippen molar-refractivity contribution in [3.05, 3.63) is 111 Å². The molecule has 0 unspecified atom stereocenters. The largest absolute Gasteiger partial charge is 0.362 e. The van der Waals surface area contributed by atoms with Crippen molar-refractivity contribution >= 4 is 23.1 Å². The monoisotopic (exact) mass is 440 g/mol. The van der Waals surface area contributed by atoms with Crippen molar-refractivity contribution in [2.45, 2.75) is 19.5 Å². The van der Waals surface area contributed by atoms with Crippen LogP contribution in [0.25, 0.3) is 5.57 Å². The number of nitro groups is 1. The average molecular weight is 440 g/mol. The Morgan fingerprint density at radius 2 is 1.64 bits per heavy atom. The van der Waals surface area contributed by atoms with E-state index in [1.165, 1.54) is 34.7 Å². The number of hydrogen-bond acceptors (Lipinski definition) is 6. The van der Waals surface area contributed by atoms with Crippen molar-refractivity contribution in [3.63, 3.8) is 0 Å². The van der Waals surface area contributed by atoms with Crippen LogP contribution in [0.4, 0.5) is 5.69 Å². The number of aromatic nitrogens is 1. The van der Waals surface area contributed by atoms with Gasteiger partial charge in [-0.3, -0.25) is 29.6 Å². The lowest BCUT2D eigenvalue weighted by molar-refractivity contribution is -0.384. The maximum absolute atomic E-state index is 13.6. The first-order valence-electron chi connectivity index (χ1n) is 10.6. The molecule has 2 aromatic carbocycles. The standard InChI is InChI=1S/C25H20N4O4/c30-24-22(18-8-10-21(11-9-18)29(32)33)23(25(31)28(24)16-20-7-3-4-13-26-20)27-14-12-17-5-1-2-6-19(17)15-27/h1-11,13H,12,14-16H2. The number of nitrogens with zero attached hydrogens (tertiary/aromatic N) is 4. The van der Waals surface area contributed by atoms with Gasteiger partial charge in [-0.1, -0.05) is 30.3 Å². The van der Waals surface area contributed by atoms with Crippen molar-refractivity contribution in [1.29, 1.82) is 0 Å². The van der Waals surface area contributed by atoms with E-state index in [1.54, 1.807) is 24.4 Å². The van der Waals surface area contributed by atoms with Gasteiger partial charge < -0.3 is 4.90 Å². The summed E-state index contributed by atoms with van der Waals surface area (Å²) in [6, 6.07) is 19.2. The minimum Gasteiger partial charge on any atom is -0.362 e. The molecule has 5 rings (SSSR count). The van der Waals surface area contributed by atoms with Crippen LogP contribution in [0.1, 0.15) is 22.4 Å². The molecule has 3 aromatic rings. The van der Waals surface area contributed by atoms with Gasteiger partial charge in [0.05, 0.1) is 22.7 Å². The second-order valence-electron chi connectivity index (χ2n) is 7.99. The van der Waals surface area contributed by atoms with E-state index in [1.807, 2.05) is 23.1 Å². The maximum Gasteiger partial charge on any atom is 0.278 e. The van der Waals surface area contributed by atoms with Crippen molar-refractivity contribution in [3.8, 4) is 0 Å². The Morgan fingerprint density at radius 1 is 0.909 bits per heavy atom. The molecule has 2 amide bonds. The van der Waals surface area contributed by atoms with Gasteiger partial charge in [-0.25, -0.2) is 0 Å². The molecular formula is C25H20N4O4. The fraction of sp³-hybridized carbons (Fsp3) is 0.160. The van der Waals surface area contributed by atoms with Crippen molar-refractivity contribution in [2.24, 2.45) is 0 Å². The zero-order chi connectivity index (χ0) is 22.9. The van der Waals surface area contributed by atoms with Crippen LogP contribution in [0.3, 0.4) is 0 Å². The second-order valence-corrected chi connectivity index (χ2v) is 7.99. The second kappa shape index (κ2) is 8.31. The van der Waals surface area contributed by atoms with E-state index in [4.69, 9.17) is 0 Å². The van der Waals surface area contributed by atoms with E-state index in [2.05, 4.69) is 11.1 Å². The average Bonchev–Trinajstić information content (AvgIpc) is 3.09. The molecule has 0 bridgehead atoms. The molecular weight excluding hydrogens is 420 g/mol. The van der Waals surface area contributed by atoms with Crippen molar-refractivity contribution in [2.75, 3.05) is 6.54 Å². The highest BCUT2D eigenvalue weighted by Crippen LogP contribution is 2.35. The molecule has 0 radical (unpaired) electrons. The van der Waals surface area contributed by atoms with Gasteiger partial charge in [-0.05, 0) is 47.4 Å². The van der Waals surface area contributed by atoms with Gasteiger partial charge >= 0.3 is 0 Å². The van der Waals surface area contributed by atoms with Gasteiger partial charge in [-0.2, -0.15) is 0 Å². The van der Waals surface area contributed by atoms with Crippen LogP contribution in [-0.2, 0) is 29.1 Å². The van der Waals surface area contributed by atoms with Crippen molar-refractivity contribution < 1.29 is 14.5 Å². The van der Waals surface area contributed by atoms with E-state index in [0.29, 0.717) is 30.0 Å². The summed E-state index contributed by atoms with van der Waals surface area (Å²) in [4.78, 5) is 45.0. The van der Waals surface area contributed by atoms with E-state index in [9.17, 15) is 19.7 Å². The molecule has 0 atom stereocenters.